The Morgan fingerprint density at radius 3 is 2.69 bits per heavy atom. The Morgan fingerprint density at radius 1 is 1.38 bits per heavy atom. The Hall–Kier alpha value is -1.26. The van der Waals surface area contributed by atoms with E-state index in [1.165, 1.54) is 13.0 Å². The maximum atomic E-state index is 11.3. The fraction of sp³-hybridized carbons (Fsp3) is 0.200. The van der Waals surface area contributed by atoms with Crippen LogP contribution in [0.3, 0.4) is 0 Å². The summed E-state index contributed by atoms with van der Waals surface area (Å²) in [4.78, 5) is 21.8. The first-order valence-corrected chi connectivity index (χ1v) is 5.13. The molecule has 1 rings (SSSR count). The number of amides is 1. The highest BCUT2D eigenvalue weighted by molar-refractivity contribution is 6.35. The number of nitrogens with one attached hydrogen (secondary N) is 1. The Labute approximate surface area is 102 Å². The molecule has 0 spiro atoms. The third-order valence-electron chi connectivity index (χ3n) is 1.61. The predicted molar refractivity (Wildman–Crippen MR) is 61.7 cm³/mol. The van der Waals surface area contributed by atoms with Crippen molar-refractivity contribution in [1.29, 1.82) is 0 Å². The Balaban J connectivity index is 2.62. The van der Waals surface area contributed by atoms with Crippen LogP contribution in [-0.2, 0) is 14.3 Å². The summed E-state index contributed by atoms with van der Waals surface area (Å²) in [5.41, 5.74) is 0.381. The maximum Gasteiger partial charge on any atom is 0.303 e. The van der Waals surface area contributed by atoms with Gasteiger partial charge in [-0.25, -0.2) is 0 Å². The van der Waals surface area contributed by atoms with Gasteiger partial charge in [0, 0.05) is 11.9 Å². The van der Waals surface area contributed by atoms with Crippen molar-refractivity contribution >= 4 is 40.8 Å². The molecule has 0 aliphatic rings. The summed E-state index contributed by atoms with van der Waals surface area (Å²) in [6.07, 6.45) is 0. The molecule has 4 nitrogen and oxygen atoms in total. The van der Waals surface area contributed by atoms with Gasteiger partial charge in [0.15, 0.2) is 6.61 Å². The average Bonchev–Trinajstić information content (AvgIpc) is 2.20. The second-order valence-corrected chi connectivity index (χ2v) is 3.80. The number of carbonyl (C=O) groups excluding carboxylic acids is 2. The summed E-state index contributed by atoms with van der Waals surface area (Å²) in [6, 6.07) is 4.67. The summed E-state index contributed by atoms with van der Waals surface area (Å²) in [5.74, 6) is -0.994. The van der Waals surface area contributed by atoms with Gasteiger partial charge >= 0.3 is 5.97 Å². The number of anilines is 1. The van der Waals surface area contributed by atoms with E-state index in [0.717, 1.165) is 0 Å². The normalized spacial score (nSPS) is 9.69. The number of benzene rings is 1. The summed E-state index contributed by atoms with van der Waals surface area (Å²) in [7, 11) is 0. The molecule has 0 heterocycles. The Morgan fingerprint density at radius 2 is 2.06 bits per heavy atom. The van der Waals surface area contributed by atoms with Gasteiger partial charge in [-0.2, -0.15) is 0 Å². The molecule has 0 bridgehead atoms. The monoisotopic (exact) mass is 261 g/mol. The number of hydrogen-bond acceptors (Lipinski definition) is 3. The number of carbonyl (C=O) groups is 2. The lowest BCUT2D eigenvalue weighted by Gasteiger charge is -2.07. The van der Waals surface area contributed by atoms with Gasteiger partial charge in [0.1, 0.15) is 0 Å². The summed E-state index contributed by atoms with van der Waals surface area (Å²) < 4.78 is 4.52. The minimum atomic E-state index is -0.521. The largest absolute Gasteiger partial charge is 0.456 e. The third kappa shape index (κ3) is 4.08. The van der Waals surface area contributed by atoms with Crippen molar-refractivity contribution in [2.45, 2.75) is 6.92 Å². The second kappa shape index (κ2) is 5.72. The number of rotatable bonds is 3. The fourth-order valence-corrected chi connectivity index (χ4v) is 1.28. The Kier molecular flexibility index (Phi) is 4.58. The molecule has 0 fully saturated rings. The first-order valence-electron chi connectivity index (χ1n) is 4.37. The zero-order chi connectivity index (χ0) is 12.1. The predicted octanol–water partition coefficient (Wildman–Crippen LogP) is 2.50. The van der Waals surface area contributed by atoms with Crippen molar-refractivity contribution in [3.05, 3.63) is 28.2 Å². The van der Waals surface area contributed by atoms with E-state index >= 15 is 0 Å². The standard InChI is InChI=1S/C10H9Cl2NO3/c1-6(14)16-5-10(15)13-9-4-7(11)2-3-8(9)12/h2-4H,5H2,1H3,(H,13,15). The third-order valence-corrected chi connectivity index (χ3v) is 2.17. The molecule has 6 heteroatoms. The maximum absolute atomic E-state index is 11.3. The molecule has 1 amide bonds. The highest BCUT2D eigenvalue weighted by Crippen LogP contribution is 2.25. The van der Waals surface area contributed by atoms with Gasteiger partial charge in [0.25, 0.3) is 5.91 Å². The molecular weight excluding hydrogens is 253 g/mol. The molecule has 0 aliphatic carbocycles. The molecule has 1 N–H and O–H groups in total. The molecule has 0 unspecified atom stereocenters. The molecule has 1 aromatic rings. The van der Waals surface area contributed by atoms with Crippen LogP contribution in [0.4, 0.5) is 5.69 Å². The van der Waals surface area contributed by atoms with Gasteiger partial charge < -0.3 is 10.1 Å². The summed E-state index contributed by atoms with van der Waals surface area (Å²) in [6.45, 7) is 0.873. The van der Waals surface area contributed by atoms with Crippen LogP contribution >= 0.6 is 23.2 Å². The van der Waals surface area contributed by atoms with E-state index in [2.05, 4.69) is 10.1 Å². The number of halogens is 2. The summed E-state index contributed by atoms with van der Waals surface area (Å²) >= 11 is 11.6. The van der Waals surface area contributed by atoms with Crippen molar-refractivity contribution in [3.63, 3.8) is 0 Å². The molecular formula is C10H9Cl2NO3. The highest BCUT2D eigenvalue weighted by Gasteiger charge is 2.07. The van der Waals surface area contributed by atoms with Gasteiger partial charge in [0.2, 0.25) is 0 Å². The quantitative estimate of drug-likeness (QED) is 0.851. The van der Waals surface area contributed by atoms with Crippen molar-refractivity contribution in [2.24, 2.45) is 0 Å². The molecule has 86 valence electrons. The van der Waals surface area contributed by atoms with Gasteiger partial charge in [0.05, 0.1) is 10.7 Å². The number of ether oxygens (including phenoxy) is 1. The molecule has 0 atom stereocenters. The van der Waals surface area contributed by atoms with E-state index in [-0.39, 0.29) is 6.61 Å². The van der Waals surface area contributed by atoms with E-state index in [4.69, 9.17) is 23.2 Å². The average molecular weight is 262 g/mol. The van der Waals surface area contributed by atoms with E-state index in [9.17, 15) is 9.59 Å². The van der Waals surface area contributed by atoms with E-state index in [0.29, 0.717) is 15.7 Å². The SMILES string of the molecule is CC(=O)OCC(=O)Nc1cc(Cl)ccc1Cl. The van der Waals surface area contributed by atoms with Crippen LogP contribution in [0.1, 0.15) is 6.92 Å². The van der Waals surface area contributed by atoms with Gasteiger partial charge in [-0.1, -0.05) is 23.2 Å². The van der Waals surface area contributed by atoms with Gasteiger partial charge in [-0.3, -0.25) is 9.59 Å². The topological polar surface area (TPSA) is 55.4 Å². The first-order chi connectivity index (χ1) is 7.49. The molecule has 16 heavy (non-hydrogen) atoms. The lowest BCUT2D eigenvalue weighted by atomic mass is 10.3. The Bertz CT molecular complexity index is 421. The molecule has 0 saturated heterocycles. The van der Waals surface area contributed by atoms with Gasteiger partial charge in [-0.15, -0.1) is 0 Å². The van der Waals surface area contributed by atoms with Crippen LogP contribution in [-0.4, -0.2) is 18.5 Å². The molecule has 0 saturated carbocycles. The van der Waals surface area contributed by atoms with Crippen LogP contribution in [0, 0.1) is 0 Å². The van der Waals surface area contributed by atoms with Crippen LogP contribution in [0.2, 0.25) is 10.0 Å². The lowest BCUT2D eigenvalue weighted by Crippen LogP contribution is -2.19. The highest BCUT2D eigenvalue weighted by atomic mass is 35.5. The molecule has 0 aliphatic heterocycles. The van der Waals surface area contributed by atoms with Crippen molar-refractivity contribution in [2.75, 3.05) is 11.9 Å². The molecule has 0 radical (unpaired) electrons. The minimum absolute atomic E-state index is 0.349. The van der Waals surface area contributed by atoms with Crippen molar-refractivity contribution in [1.82, 2.24) is 0 Å². The van der Waals surface area contributed by atoms with Crippen molar-refractivity contribution in [3.8, 4) is 0 Å². The zero-order valence-electron chi connectivity index (χ0n) is 8.42. The van der Waals surface area contributed by atoms with Crippen LogP contribution in [0.25, 0.3) is 0 Å². The lowest BCUT2D eigenvalue weighted by molar-refractivity contribution is -0.144. The van der Waals surface area contributed by atoms with Crippen LogP contribution < -0.4 is 5.32 Å². The number of esters is 1. The van der Waals surface area contributed by atoms with Crippen LogP contribution in [0.5, 0.6) is 0 Å². The van der Waals surface area contributed by atoms with E-state index < -0.39 is 11.9 Å². The molecule has 1 aromatic carbocycles. The van der Waals surface area contributed by atoms with Gasteiger partial charge in [-0.05, 0) is 18.2 Å². The van der Waals surface area contributed by atoms with Crippen molar-refractivity contribution < 1.29 is 14.3 Å². The number of hydrogen-bond donors (Lipinski definition) is 1. The molecule has 0 aromatic heterocycles. The second-order valence-electron chi connectivity index (χ2n) is 2.95. The van der Waals surface area contributed by atoms with E-state index in [1.54, 1.807) is 12.1 Å². The van der Waals surface area contributed by atoms with E-state index in [1.807, 2.05) is 0 Å². The minimum Gasteiger partial charge on any atom is -0.456 e. The summed E-state index contributed by atoms with van der Waals surface area (Å²) in [5, 5.41) is 3.29. The van der Waals surface area contributed by atoms with Crippen LogP contribution in [0.15, 0.2) is 18.2 Å². The first kappa shape index (κ1) is 12.8. The fourth-order valence-electron chi connectivity index (χ4n) is 0.947. The smallest absolute Gasteiger partial charge is 0.303 e. The zero-order valence-corrected chi connectivity index (χ0v) is 9.93.